The van der Waals surface area contributed by atoms with E-state index in [0.717, 1.165) is 77.1 Å². The van der Waals surface area contributed by atoms with Gasteiger partial charge in [0.25, 0.3) is 0 Å². The summed E-state index contributed by atoms with van der Waals surface area (Å²) in [5.41, 5.74) is 14.0. The van der Waals surface area contributed by atoms with Gasteiger partial charge in [-0.2, -0.15) is 0 Å². The minimum Gasteiger partial charge on any atom is -0.500 e. The first-order chi connectivity index (χ1) is 34.1. The van der Waals surface area contributed by atoms with Crippen molar-refractivity contribution in [1.29, 1.82) is 0 Å². The van der Waals surface area contributed by atoms with Crippen molar-refractivity contribution in [3.63, 3.8) is 0 Å². The maximum absolute atomic E-state index is 7.28. The summed E-state index contributed by atoms with van der Waals surface area (Å²) >= 11 is 0. The SMILES string of the molecule is CC(C)c1cc(-c2ccccc2)cc(C(C)C)c1-n1c(-c2[c-]ccc3c2oc2c3ccc3c2ccc2c4ccccc4oc23)nc2ccccc21.[2H]C([2H])([2H])c1c[c-]c(-c2ccc(C([2H])([2H])[2H])cn2)cc1.[Ir]. The molecule has 0 aliphatic rings. The largest absolute Gasteiger partial charge is 0.500 e. The molecule has 6 heteroatoms. The summed E-state index contributed by atoms with van der Waals surface area (Å²) in [6, 6.07) is 58.9. The van der Waals surface area contributed by atoms with Crippen LogP contribution in [0.5, 0.6) is 0 Å². The number of nitrogens with zero attached hydrogens (tertiary/aromatic N) is 3. The Balaban J connectivity index is 0.000000240. The normalized spacial score (nSPS) is 13.4. The monoisotopic (exact) mass is 1040 g/mol. The van der Waals surface area contributed by atoms with Crippen LogP contribution in [0.1, 0.15) is 70.0 Å². The summed E-state index contributed by atoms with van der Waals surface area (Å²) in [4.78, 5) is 9.42. The van der Waals surface area contributed by atoms with E-state index in [-0.39, 0.29) is 43.1 Å². The van der Waals surface area contributed by atoms with Crippen LogP contribution >= 0.6 is 0 Å². The predicted octanol–water partition coefficient (Wildman–Crippen LogP) is 16.5. The molecule has 1 radical (unpaired) electrons. The van der Waals surface area contributed by atoms with Gasteiger partial charge in [-0.15, -0.1) is 53.6 Å². The molecular weight excluding hydrogens is 987 g/mol. The topological polar surface area (TPSA) is 57.0 Å². The fourth-order valence-corrected chi connectivity index (χ4v) is 9.13. The van der Waals surface area contributed by atoms with Gasteiger partial charge in [0.15, 0.2) is 0 Å². The van der Waals surface area contributed by atoms with E-state index in [9.17, 15) is 0 Å². The van der Waals surface area contributed by atoms with Crippen molar-refractivity contribution in [3.05, 3.63) is 198 Å². The molecule has 12 rings (SSSR count). The molecular formula is C60H47IrN3O2-2. The summed E-state index contributed by atoms with van der Waals surface area (Å²) in [5.74, 6) is 1.35. The van der Waals surface area contributed by atoms with Gasteiger partial charge in [-0.3, -0.25) is 4.98 Å². The van der Waals surface area contributed by atoms with Crippen LogP contribution in [0, 0.1) is 25.8 Å². The molecule has 0 N–H and O–H groups in total. The van der Waals surface area contributed by atoms with Crippen LogP contribution in [-0.4, -0.2) is 14.5 Å². The fraction of sp³-hybridized carbons (Fsp3) is 0.133. The van der Waals surface area contributed by atoms with Gasteiger partial charge in [-0.25, -0.2) is 0 Å². The number of furan rings is 2. The van der Waals surface area contributed by atoms with Crippen molar-refractivity contribution >= 4 is 65.7 Å². The molecule has 0 saturated carbocycles. The van der Waals surface area contributed by atoms with Crippen LogP contribution in [0.15, 0.2) is 173 Å². The summed E-state index contributed by atoms with van der Waals surface area (Å²) in [7, 11) is 0. The Morgan fingerprint density at radius 1 is 0.576 bits per heavy atom. The Bertz CT molecular complexity index is 3880. The molecule has 0 unspecified atom stereocenters. The van der Waals surface area contributed by atoms with Crippen LogP contribution in [-0.2, 0) is 20.1 Å². The van der Waals surface area contributed by atoms with Gasteiger partial charge in [0, 0.05) is 67.1 Å². The molecule has 0 bridgehead atoms. The minimum atomic E-state index is -2.18. The molecule has 0 aliphatic heterocycles. The summed E-state index contributed by atoms with van der Waals surface area (Å²) in [5, 5.41) is 6.38. The van der Waals surface area contributed by atoms with Gasteiger partial charge in [0.1, 0.15) is 16.7 Å². The zero-order chi connectivity index (χ0) is 49.3. The molecule has 5 nitrogen and oxygen atoms in total. The molecule has 325 valence electrons. The number of imidazole rings is 1. The van der Waals surface area contributed by atoms with Gasteiger partial charge >= 0.3 is 0 Å². The van der Waals surface area contributed by atoms with Crippen molar-refractivity contribution in [2.75, 3.05) is 0 Å². The fourth-order valence-electron chi connectivity index (χ4n) is 9.13. The molecule has 12 aromatic rings. The number of benzene rings is 8. The van der Waals surface area contributed by atoms with Crippen molar-refractivity contribution in [2.45, 2.75) is 53.2 Å². The average Bonchev–Trinajstić information content (AvgIpc) is 4.08. The van der Waals surface area contributed by atoms with E-state index in [0.29, 0.717) is 11.3 Å². The number of rotatable bonds is 6. The zero-order valence-electron chi connectivity index (χ0n) is 42.7. The first-order valence-electron chi connectivity index (χ1n) is 24.9. The summed E-state index contributed by atoms with van der Waals surface area (Å²) < 4.78 is 59.4. The van der Waals surface area contributed by atoms with Gasteiger partial charge in [-0.1, -0.05) is 124 Å². The third-order valence-electron chi connectivity index (χ3n) is 12.3. The van der Waals surface area contributed by atoms with Gasteiger partial charge in [-0.05, 0) is 101 Å². The molecule has 0 fully saturated rings. The van der Waals surface area contributed by atoms with E-state index >= 15 is 0 Å². The second-order valence-corrected chi connectivity index (χ2v) is 17.1. The molecule has 0 atom stereocenters. The van der Waals surface area contributed by atoms with Crippen LogP contribution in [0.3, 0.4) is 0 Å². The van der Waals surface area contributed by atoms with Crippen LogP contribution in [0.4, 0.5) is 0 Å². The Kier molecular flexibility index (Phi) is 9.51. The average molecular weight is 1040 g/mol. The van der Waals surface area contributed by atoms with E-state index in [1.807, 2.05) is 18.2 Å². The number of aryl methyl sites for hydroxylation is 2. The molecule has 8 aromatic carbocycles. The number of hydrogen-bond donors (Lipinski definition) is 0. The van der Waals surface area contributed by atoms with Gasteiger partial charge in [0.05, 0.1) is 22.4 Å². The quantitative estimate of drug-likeness (QED) is 0.156. The third kappa shape index (κ3) is 7.41. The Morgan fingerprint density at radius 3 is 1.88 bits per heavy atom. The van der Waals surface area contributed by atoms with Gasteiger partial charge < -0.3 is 18.4 Å². The second-order valence-electron chi connectivity index (χ2n) is 17.1. The van der Waals surface area contributed by atoms with Crippen LogP contribution in [0.25, 0.3) is 105 Å². The predicted molar refractivity (Wildman–Crippen MR) is 269 cm³/mol. The number of hydrogen-bond acceptors (Lipinski definition) is 4. The smallest absolute Gasteiger partial charge is 0.143 e. The maximum atomic E-state index is 7.28. The molecule has 0 saturated heterocycles. The van der Waals surface area contributed by atoms with Crippen molar-refractivity contribution in [2.24, 2.45) is 0 Å². The summed E-state index contributed by atoms with van der Waals surface area (Å²) in [6.07, 6.45) is 1.30. The number of para-hydroxylation sites is 3. The third-order valence-corrected chi connectivity index (χ3v) is 12.3. The van der Waals surface area contributed by atoms with E-state index < -0.39 is 13.7 Å². The standard InChI is InChI=1S/C47H35N2O2.C13H12N.Ir/c1-27(2)38-25-30(29-13-6-5-7-14-29)26-39(28(3)4)43(38)49-41-19-10-9-18-40(41)48-47(49)37-17-12-16-32-34-23-24-35-36(45(34)51-46(32)37)22-21-33-31-15-8-11-20-42(31)50-44(33)35;1-10-3-6-12(7-4-10)13-8-5-11(2)9-14-13;/h5-16,18-28H,1-4H3;3-6,8-9H,1-2H3;/q2*-1;/i;1D3,2D3;. The van der Waals surface area contributed by atoms with Crippen molar-refractivity contribution in [1.82, 2.24) is 14.5 Å². The number of aromatic nitrogens is 3. The zero-order valence-corrected chi connectivity index (χ0v) is 39.1. The molecule has 0 spiro atoms. The van der Waals surface area contributed by atoms with Gasteiger partial charge in [0.2, 0.25) is 0 Å². The van der Waals surface area contributed by atoms with E-state index in [2.05, 4.69) is 159 Å². The molecule has 66 heavy (non-hydrogen) atoms. The molecule has 4 heterocycles. The van der Waals surface area contributed by atoms with E-state index in [4.69, 9.17) is 22.0 Å². The van der Waals surface area contributed by atoms with E-state index in [1.54, 1.807) is 12.1 Å². The van der Waals surface area contributed by atoms with Crippen LogP contribution in [0.2, 0.25) is 0 Å². The Labute approximate surface area is 406 Å². The minimum absolute atomic E-state index is 0. The van der Waals surface area contributed by atoms with Crippen molar-refractivity contribution in [3.8, 4) is 39.5 Å². The van der Waals surface area contributed by atoms with E-state index in [1.165, 1.54) is 52.3 Å². The Morgan fingerprint density at radius 2 is 1.21 bits per heavy atom. The van der Waals surface area contributed by atoms with Crippen LogP contribution < -0.4 is 0 Å². The second kappa shape index (κ2) is 17.4. The number of fused-ring (bicyclic) bond motifs is 10. The first-order valence-corrected chi connectivity index (χ1v) is 21.9. The Hall–Kier alpha value is -7.11. The molecule has 0 amide bonds. The maximum Gasteiger partial charge on any atom is 0.143 e. The summed E-state index contributed by atoms with van der Waals surface area (Å²) in [6.45, 7) is 4.80. The first kappa shape index (κ1) is 36.1. The molecule has 0 aliphatic carbocycles. The van der Waals surface area contributed by atoms with Crippen molar-refractivity contribution < 1.29 is 37.2 Å². The molecule has 4 aromatic heterocycles. The number of pyridine rings is 1.